The van der Waals surface area contributed by atoms with Crippen LogP contribution in [0.15, 0.2) is 47.1 Å². The van der Waals surface area contributed by atoms with Crippen molar-refractivity contribution in [1.82, 2.24) is 20.0 Å². The number of aromatic nitrogens is 2. The maximum atomic E-state index is 12.9. The maximum absolute atomic E-state index is 12.9. The predicted molar refractivity (Wildman–Crippen MR) is 121 cm³/mol. The van der Waals surface area contributed by atoms with Gasteiger partial charge >= 0.3 is 0 Å². The molecular weight excluding hydrogens is 404 g/mol. The molecule has 32 heavy (non-hydrogen) atoms. The zero-order chi connectivity index (χ0) is 21.9. The SMILES string of the molecule is Cn1nc(C(=O)NCCCN(Cc2ccco2)C2CCCC2)c2c1-c1ccccc1OC2. The lowest BCUT2D eigenvalue weighted by Gasteiger charge is -2.28. The van der Waals surface area contributed by atoms with Gasteiger partial charge in [-0.3, -0.25) is 14.4 Å². The molecule has 2 aromatic heterocycles. The predicted octanol–water partition coefficient (Wildman–Crippen LogP) is 4.14. The van der Waals surface area contributed by atoms with Crippen molar-refractivity contribution in [3.05, 3.63) is 59.7 Å². The highest BCUT2D eigenvalue weighted by molar-refractivity contribution is 5.96. The second kappa shape index (κ2) is 9.20. The van der Waals surface area contributed by atoms with Crippen molar-refractivity contribution in [2.45, 2.75) is 51.3 Å². The molecule has 0 radical (unpaired) electrons. The van der Waals surface area contributed by atoms with Crippen molar-refractivity contribution in [1.29, 1.82) is 0 Å². The van der Waals surface area contributed by atoms with Crippen LogP contribution >= 0.6 is 0 Å². The summed E-state index contributed by atoms with van der Waals surface area (Å²) in [6.07, 6.45) is 7.71. The Hall–Kier alpha value is -3.06. The number of aryl methyl sites for hydroxylation is 1. The van der Waals surface area contributed by atoms with Crippen LogP contribution in [0.1, 0.15) is 53.9 Å². The Labute approximate surface area is 188 Å². The van der Waals surface area contributed by atoms with Crippen molar-refractivity contribution < 1.29 is 13.9 Å². The van der Waals surface area contributed by atoms with Gasteiger partial charge in [-0.2, -0.15) is 5.10 Å². The van der Waals surface area contributed by atoms with Crippen molar-refractivity contribution in [3.8, 4) is 17.0 Å². The molecule has 1 amide bonds. The number of amides is 1. The number of ether oxygens (including phenoxy) is 1. The smallest absolute Gasteiger partial charge is 0.272 e. The molecule has 5 rings (SSSR count). The van der Waals surface area contributed by atoms with Crippen molar-refractivity contribution >= 4 is 5.91 Å². The van der Waals surface area contributed by atoms with Gasteiger partial charge in [-0.25, -0.2) is 0 Å². The van der Waals surface area contributed by atoms with E-state index >= 15 is 0 Å². The van der Waals surface area contributed by atoms with Crippen LogP contribution in [0.25, 0.3) is 11.3 Å². The Morgan fingerprint density at radius 3 is 2.88 bits per heavy atom. The normalized spacial score (nSPS) is 15.4. The highest BCUT2D eigenvalue weighted by Gasteiger charge is 2.28. The fraction of sp³-hybridized carbons (Fsp3) is 0.440. The third-order valence-corrected chi connectivity index (χ3v) is 6.56. The number of rotatable bonds is 8. The summed E-state index contributed by atoms with van der Waals surface area (Å²) >= 11 is 0. The van der Waals surface area contributed by atoms with Crippen LogP contribution in [-0.4, -0.2) is 39.7 Å². The van der Waals surface area contributed by atoms with Gasteiger partial charge in [0, 0.05) is 37.3 Å². The van der Waals surface area contributed by atoms with Crippen LogP contribution in [0.3, 0.4) is 0 Å². The lowest BCUT2D eigenvalue weighted by Crippen LogP contribution is -2.35. The number of nitrogens with one attached hydrogen (secondary N) is 1. The molecule has 7 nitrogen and oxygen atoms in total. The number of carbonyl (C=O) groups excluding carboxylic acids is 1. The summed E-state index contributed by atoms with van der Waals surface area (Å²) in [5.41, 5.74) is 3.25. The molecule has 7 heteroatoms. The minimum Gasteiger partial charge on any atom is -0.488 e. The molecule has 0 atom stereocenters. The summed E-state index contributed by atoms with van der Waals surface area (Å²) in [6.45, 7) is 2.74. The van der Waals surface area contributed by atoms with E-state index < -0.39 is 0 Å². The molecule has 2 aliphatic rings. The molecule has 0 bridgehead atoms. The summed E-state index contributed by atoms with van der Waals surface area (Å²) in [7, 11) is 1.88. The van der Waals surface area contributed by atoms with Crippen LogP contribution in [0.5, 0.6) is 5.75 Å². The Kier molecular flexibility index (Phi) is 5.99. The monoisotopic (exact) mass is 434 g/mol. The van der Waals surface area contributed by atoms with E-state index in [-0.39, 0.29) is 5.91 Å². The van der Waals surface area contributed by atoms with Crippen molar-refractivity contribution in [2.24, 2.45) is 7.05 Å². The van der Waals surface area contributed by atoms with E-state index in [0.29, 0.717) is 24.9 Å². The number of carbonyl (C=O) groups is 1. The second-order valence-corrected chi connectivity index (χ2v) is 8.68. The summed E-state index contributed by atoms with van der Waals surface area (Å²) in [5.74, 6) is 1.70. The topological polar surface area (TPSA) is 72.5 Å². The minimum atomic E-state index is -0.136. The average Bonchev–Trinajstić information content (AvgIpc) is 3.57. The van der Waals surface area contributed by atoms with Crippen molar-refractivity contribution in [3.63, 3.8) is 0 Å². The van der Waals surface area contributed by atoms with Gasteiger partial charge in [-0.1, -0.05) is 25.0 Å². The van der Waals surface area contributed by atoms with E-state index in [1.807, 2.05) is 43.4 Å². The second-order valence-electron chi connectivity index (χ2n) is 8.68. The molecule has 0 spiro atoms. The van der Waals surface area contributed by atoms with Gasteiger partial charge in [0.1, 0.15) is 18.1 Å². The van der Waals surface area contributed by atoms with E-state index in [2.05, 4.69) is 15.3 Å². The van der Waals surface area contributed by atoms with Gasteiger partial charge in [0.15, 0.2) is 5.69 Å². The molecule has 3 aromatic rings. The van der Waals surface area contributed by atoms with Gasteiger partial charge in [0.25, 0.3) is 5.91 Å². The Bertz CT molecular complexity index is 1070. The fourth-order valence-corrected chi connectivity index (χ4v) is 4.99. The van der Waals surface area contributed by atoms with Gasteiger partial charge in [-0.05, 0) is 43.5 Å². The third kappa shape index (κ3) is 4.17. The Morgan fingerprint density at radius 1 is 1.22 bits per heavy atom. The number of benzene rings is 1. The van der Waals surface area contributed by atoms with Crippen LogP contribution in [-0.2, 0) is 20.2 Å². The number of hydrogen-bond donors (Lipinski definition) is 1. The highest BCUT2D eigenvalue weighted by Crippen LogP contribution is 2.38. The van der Waals surface area contributed by atoms with E-state index in [1.165, 1.54) is 25.7 Å². The molecule has 1 fully saturated rings. The number of para-hydroxylation sites is 1. The lowest BCUT2D eigenvalue weighted by molar-refractivity contribution is 0.0941. The molecule has 1 aliphatic carbocycles. The van der Waals surface area contributed by atoms with Crippen LogP contribution in [0.4, 0.5) is 0 Å². The van der Waals surface area contributed by atoms with Crippen LogP contribution in [0.2, 0.25) is 0 Å². The maximum Gasteiger partial charge on any atom is 0.272 e. The van der Waals surface area contributed by atoms with Gasteiger partial charge in [-0.15, -0.1) is 0 Å². The molecule has 1 aliphatic heterocycles. The standard InChI is InChI=1S/C25H30N4O3/c1-28-24-20-11-4-5-12-22(20)32-17-21(24)23(27-28)25(30)26-13-7-14-29(18-8-2-3-9-18)16-19-10-6-15-31-19/h4-6,10-12,15,18H,2-3,7-9,13-14,16-17H2,1H3,(H,26,30). The molecule has 0 saturated heterocycles. The molecule has 0 unspecified atom stereocenters. The third-order valence-electron chi connectivity index (χ3n) is 6.56. The van der Waals surface area contributed by atoms with E-state index in [1.54, 1.807) is 10.9 Å². The first-order valence-electron chi connectivity index (χ1n) is 11.5. The largest absolute Gasteiger partial charge is 0.488 e. The number of hydrogen-bond acceptors (Lipinski definition) is 5. The highest BCUT2D eigenvalue weighted by atomic mass is 16.5. The Balaban J connectivity index is 1.20. The summed E-state index contributed by atoms with van der Waals surface area (Å²) < 4.78 is 13.2. The summed E-state index contributed by atoms with van der Waals surface area (Å²) in [4.78, 5) is 15.4. The van der Waals surface area contributed by atoms with Gasteiger partial charge < -0.3 is 14.5 Å². The van der Waals surface area contributed by atoms with Gasteiger partial charge in [0.05, 0.1) is 18.5 Å². The fourth-order valence-electron chi connectivity index (χ4n) is 4.99. The molecule has 1 saturated carbocycles. The molecule has 3 heterocycles. The number of nitrogens with zero attached hydrogens (tertiary/aromatic N) is 3. The van der Waals surface area contributed by atoms with Crippen molar-refractivity contribution in [2.75, 3.05) is 13.1 Å². The van der Waals surface area contributed by atoms with Crippen LogP contribution in [0, 0.1) is 0 Å². The molecule has 1 N–H and O–H groups in total. The van der Waals surface area contributed by atoms with Gasteiger partial charge in [0.2, 0.25) is 0 Å². The zero-order valence-corrected chi connectivity index (χ0v) is 18.5. The van der Waals surface area contributed by atoms with E-state index in [4.69, 9.17) is 9.15 Å². The van der Waals surface area contributed by atoms with Crippen LogP contribution < -0.4 is 10.1 Å². The number of furan rings is 1. The number of fused-ring (bicyclic) bond motifs is 3. The molecule has 168 valence electrons. The summed E-state index contributed by atoms with van der Waals surface area (Å²) in [6, 6.07) is 12.5. The molecule has 1 aromatic carbocycles. The first-order valence-corrected chi connectivity index (χ1v) is 11.5. The average molecular weight is 435 g/mol. The quantitative estimate of drug-likeness (QED) is 0.540. The zero-order valence-electron chi connectivity index (χ0n) is 18.5. The van der Waals surface area contributed by atoms with E-state index in [9.17, 15) is 4.79 Å². The lowest BCUT2D eigenvalue weighted by atomic mass is 10.0. The first-order chi connectivity index (χ1) is 15.7. The summed E-state index contributed by atoms with van der Waals surface area (Å²) in [5, 5.41) is 7.59. The van der Waals surface area contributed by atoms with E-state index in [0.717, 1.165) is 47.8 Å². The Morgan fingerprint density at radius 2 is 2.06 bits per heavy atom. The molecular formula is C25H30N4O3. The minimum absolute atomic E-state index is 0.136. The first kappa shape index (κ1) is 20.8.